The monoisotopic (exact) mass is 416 g/mol. The Labute approximate surface area is 141 Å². The van der Waals surface area contributed by atoms with Crippen LogP contribution in [0.15, 0.2) is 45.3 Å². The zero-order valence-corrected chi connectivity index (χ0v) is 15.2. The Morgan fingerprint density at radius 1 is 1.05 bits per heavy atom. The summed E-state index contributed by atoms with van der Waals surface area (Å²) in [6.07, 6.45) is 0. The van der Waals surface area contributed by atoms with E-state index in [1.807, 2.05) is 38.4 Å². The lowest BCUT2D eigenvalue weighted by Gasteiger charge is -2.19. The van der Waals surface area contributed by atoms with Crippen molar-refractivity contribution in [3.63, 3.8) is 0 Å². The zero-order valence-electron chi connectivity index (χ0n) is 11.3. The highest BCUT2D eigenvalue weighted by Gasteiger charge is 2.06. The lowest BCUT2D eigenvalue weighted by Crippen LogP contribution is -2.12. The normalized spacial score (nSPS) is 10.4. The molecule has 20 heavy (non-hydrogen) atoms. The third-order valence-corrected chi connectivity index (χ3v) is 4.26. The van der Waals surface area contributed by atoms with Crippen molar-refractivity contribution in [2.24, 2.45) is 0 Å². The summed E-state index contributed by atoms with van der Waals surface area (Å²) in [4.78, 5) is 2.08. The minimum absolute atomic E-state index is 0.684. The van der Waals surface area contributed by atoms with Gasteiger partial charge in [-0.1, -0.05) is 49.5 Å². The Kier molecular flexibility index (Phi) is 5.35. The van der Waals surface area contributed by atoms with Crippen LogP contribution in [0.3, 0.4) is 0 Å². The summed E-state index contributed by atoms with van der Waals surface area (Å²) in [6.45, 7) is 0.684. The minimum Gasteiger partial charge on any atom is -0.379 e. The molecule has 0 aliphatic rings. The van der Waals surface area contributed by atoms with Crippen molar-refractivity contribution in [2.75, 3.05) is 24.3 Å². The van der Waals surface area contributed by atoms with E-state index in [0.29, 0.717) is 6.54 Å². The van der Waals surface area contributed by atoms with Crippen molar-refractivity contribution < 1.29 is 0 Å². The van der Waals surface area contributed by atoms with Gasteiger partial charge in [-0.05, 0) is 35.9 Å². The lowest BCUT2D eigenvalue weighted by atomic mass is 10.2. The third kappa shape index (κ3) is 3.90. The highest BCUT2D eigenvalue weighted by Crippen LogP contribution is 2.29. The first-order valence-electron chi connectivity index (χ1n) is 6.12. The van der Waals surface area contributed by atoms with E-state index in [1.54, 1.807) is 0 Å². The number of hydrogen-bond acceptors (Lipinski definition) is 2. The average Bonchev–Trinajstić information content (AvgIpc) is 2.37. The summed E-state index contributed by atoms with van der Waals surface area (Å²) in [7, 11) is 4.06. The predicted octanol–water partition coefficient (Wildman–Crippen LogP) is 5.54. The van der Waals surface area contributed by atoms with Crippen molar-refractivity contribution in [1.82, 2.24) is 0 Å². The smallest absolute Gasteiger partial charge is 0.0597 e. The van der Waals surface area contributed by atoms with Crippen LogP contribution in [0.5, 0.6) is 0 Å². The first-order chi connectivity index (χ1) is 9.47. The van der Waals surface area contributed by atoms with Crippen LogP contribution in [0.1, 0.15) is 5.56 Å². The molecule has 0 radical (unpaired) electrons. The fourth-order valence-electron chi connectivity index (χ4n) is 1.90. The topological polar surface area (TPSA) is 15.3 Å². The highest BCUT2D eigenvalue weighted by atomic mass is 79.9. The summed E-state index contributed by atoms with van der Waals surface area (Å²) in [6, 6.07) is 12.1. The van der Waals surface area contributed by atoms with Crippen molar-refractivity contribution in [3.05, 3.63) is 55.9 Å². The summed E-state index contributed by atoms with van der Waals surface area (Å²) < 4.78 is 2.04. The van der Waals surface area contributed by atoms with E-state index >= 15 is 0 Å². The van der Waals surface area contributed by atoms with E-state index in [9.17, 15) is 0 Å². The van der Waals surface area contributed by atoms with Gasteiger partial charge in [-0.2, -0.15) is 0 Å². The minimum atomic E-state index is 0.684. The number of halogens is 3. The van der Waals surface area contributed by atoms with Crippen molar-refractivity contribution in [2.45, 2.75) is 6.54 Å². The maximum Gasteiger partial charge on any atom is 0.0597 e. The molecule has 0 unspecified atom stereocenters. The van der Waals surface area contributed by atoms with Crippen molar-refractivity contribution >= 4 is 54.8 Å². The van der Waals surface area contributed by atoms with Crippen molar-refractivity contribution in [3.8, 4) is 0 Å². The van der Waals surface area contributed by atoms with Crippen LogP contribution < -0.4 is 10.2 Å². The number of anilines is 2. The van der Waals surface area contributed by atoms with E-state index in [4.69, 9.17) is 11.6 Å². The number of nitrogens with zero attached hydrogens (tertiary/aromatic N) is 1. The van der Waals surface area contributed by atoms with Crippen LogP contribution >= 0.6 is 43.5 Å². The third-order valence-electron chi connectivity index (χ3n) is 2.92. The maximum atomic E-state index is 6.24. The molecule has 0 amide bonds. The largest absolute Gasteiger partial charge is 0.379 e. The first-order valence-corrected chi connectivity index (χ1v) is 8.08. The molecule has 0 spiro atoms. The van der Waals surface area contributed by atoms with Crippen LogP contribution in [0, 0.1) is 0 Å². The number of rotatable bonds is 4. The first kappa shape index (κ1) is 15.7. The van der Waals surface area contributed by atoms with Gasteiger partial charge in [0.25, 0.3) is 0 Å². The molecular formula is C15H15Br2ClN2. The van der Waals surface area contributed by atoms with E-state index in [-0.39, 0.29) is 0 Å². The Bertz CT molecular complexity index is 615. The van der Waals surface area contributed by atoms with Gasteiger partial charge in [0, 0.05) is 34.6 Å². The molecule has 0 saturated carbocycles. The molecule has 0 aliphatic heterocycles. The maximum absolute atomic E-state index is 6.24. The molecule has 1 N–H and O–H groups in total. The van der Waals surface area contributed by atoms with E-state index < -0.39 is 0 Å². The molecule has 2 nitrogen and oxygen atoms in total. The molecule has 0 heterocycles. The van der Waals surface area contributed by atoms with E-state index in [2.05, 4.69) is 54.2 Å². The molecular weight excluding hydrogens is 403 g/mol. The molecule has 0 bridgehead atoms. The molecule has 0 aliphatic carbocycles. The fourth-order valence-corrected chi connectivity index (χ4v) is 3.00. The molecule has 2 aromatic carbocycles. The van der Waals surface area contributed by atoms with Crippen LogP contribution in [-0.4, -0.2) is 14.1 Å². The van der Waals surface area contributed by atoms with Crippen LogP contribution in [0.2, 0.25) is 5.02 Å². The summed E-state index contributed by atoms with van der Waals surface area (Å²) in [5, 5.41) is 4.20. The quantitative estimate of drug-likeness (QED) is 0.701. The number of benzene rings is 2. The Morgan fingerprint density at radius 3 is 2.35 bits per heavy atom. The molecule has 0 fully saturated rings. The average molecular weight is 419 g/mol. The van der Waals surface area contributed by atoms with Crippen LogP contribution in [-0.2, 0) is 6.54 Å². The molecule has 106 valence electrons. The van der Waals surface area contributed by atoms with E-state index in [0.717, 1.165) is 30.9 Å². The predicted molar refractivity (Wildman–Crippen MR) is 94.9 cm³/mol. The molecule has 0 atom stereocenters. The van der Waals surface area contributed by atoms with Crippen molar-refractivity contribution in [1.29, 1.82) is 0 Å². The molecule has 2 aromatic rings. The van der Waals surface area contributed by atoms with Gasteiger partial charge in [-0.15, -0.1) is 0 Å². The lowest BCUT2D eigenvalue weighted by molar-refractivity contribution is 1.10. The summed E-state index contributed by atoms with van der Waals surface area (Å²) in [5.41, 5.74) is 3.28. The van der Waals surface area contributed by atoms with Gasteiger partial charge in [0.05, 0.1) is 11.4 Å². The Hall–Kier alpha value is -0.710. The van der Waals surface area contributed by atoms with Gasteiger partial charge in [-0.3, -0.25) is 0 Å². The molecule has 5 heteroatoms. The second-order valence-corrected chi connectivity index (χ2v) is 6.88. The van der Waals surface area contributed by atoms with Gasteiger partial charge in [0.15, 0.2) is 0 Å². The fraction of sp³-hybridized carbons (Fsp3) is 0.200. The second-order valence-electron chi connectivity index (χ2n) is 4.65. The highest BCUT2D eigenvalue weighted by molar-refractivity contribution is 9.10. The second kappa shape index (κ2) is 6.83. The zero-order chi connectivity index (χ0) is 14.7. The molecule has 0 aromatic heterocycles. The summed E-state index contributed by atoms with van der Waals surface area (Å²) >= 11 is 13.2. The Morgan fingerprint density at radius 2 is 1.70 bits per heavy atom. The van der Waals surface area contributed by atoms with Crippen LogP contribution in [0.4, 0.5) is 11.4 Å². The summed E-state index contributed by atoms with van der Waals surface area (Å²) in [5.74, 6) is 0. The molecule has 0 saturated heterocycles. The number of hydrogen-bond donors (Lipinski definition) is 1. The van der Waals surface area contributed by atoms with Gasteiger partial charge in [-0.25, -0.2) is 0 Å². The molecule has 2 rings (SSSR count). The Balaban J connectivity index is 2.20. The van der Waals surface area contributed by atoms with Crippen LogP contribution in [0.25, 0.3) is 0 Å². The van der Waals surface area contributed by atoms with Gasteiger partial charge in [0.2, 0.25) is 0 Å². The van der Waals surface area contributed by atoms with Gasteiger partial charge >= 0.3 is 0 Å². The SMILES string of the molecule is CN(C)c1ccc(Br)cc1NCc1ccc(Br)cc1Cl. The van der Waals surface area contributed by atoms with E-state index in [1.165, 1.54) is 0 Å². The number of nitrogens with one attached hydrogen (secondary N) is 1. The van der Waals surface area contributed by atoms with Gasteiger partial charge in [0.1, 0.15) is 0 Å². The van der Waals surface area contributed by atoms with Gasteiger partial charge < -0.3 is 10.2 Å². The standard InChI is InChI=1S/C15H15Br2ClN2/c1-20(2)15-6-5-12(17)8-14(15)19-9-10-3-4-11(16)7-13(10)18/h3-8,19H,9H2,1-2H3.